The molecule has 4 heterocycles. The van der Waals surface area contributed by atoms with Gasteiger partial charge in [-0.25, -0.2) is 26.5 Å². The third kappa shape index (κ3) is 7.28. The number of aliphatic hydroxyl groups is 2. The van der Waals surface area contributed by atoms with E-state index in [0.717, 1.165) is 6.42 Å². The first-order chi connectivity index (χ1) is 21.9. The molecule has 6 rings (SSSR count). The largest absolute Gasteiger partial charge is 0.491 e. The van der Waals surface area contributed by atoms with E-state index in [0.29, 0.717) is 82.3 Å². The summed E-state index contributed by atoms with van der Waals surface area (Å²) in [5, 5.41) is 23.9. The van der Waals surface area contributed by atoms with Crippen molar-refractivity contribution in [3.05, 3.63) is 36.5 Å². The van der Waals surface area contributed by atoms with E-state index < -0.39 is 43.9 Å². The van der Waals surface area contributed by atoms with Crippen molar-refractivity contribution in [1.82, 2.24) is 19.3 Å². The Morgan fingerprint density at radius 3 is 2.70 bits per heavy atom. The Balaban J connectivity index is 0.954. The molecule has 1 aromatic heterocycles. The molecule has 14 nitrogen and oxygen atoms in total. The molecule has 0 amide bonds. The van der Waals surface area contributed by atoms with Crippen molar-refractivity contribution < 1.29 is 41.3 Å². The number of benzene rings is 1. The van der Waals surface area contributed by atoms with Gasteiger partial charge >= 0.3 is 0 Å². The fraction of sp³-hybridized carbons (Fsp3) is 0.633. The second-order valence-corrected chi connectivity index (χ2v) is 16.3. The van der Waals surface area contributed by atoms with Crippen LogP contribution in [-0.2, 0) is 24.8 Å². The van der Waals surface area contributed by atoms with Gasteiger partial charge in [0.1, 0.15) is 35.7 Å². The molecule has 2 saturated heterocycles. The number of aromatic nitrogens is 1. The van der Waals surface area contributed by atoms with Crippen LogP contribution in [0.5, 0.6) is 11.6 Å². The van der Waals surface area contributed by atoms with E-state index in [9.17, 15) is 27.0 Å². The maximum Gasteiger partial charge on any atom is 0.244 e. The van der Waals surface area contributed by atoms with Gasteiger partial charge in [-0.05, 0) is 56.7 Å². The summed E-state index contributed by atoms with van der Waals surface area (Å²) in [5.41, 5.74) is 0.234. The zero-order valence-corrected chi connectivity index (χ0v) is 27.5. The predicted octanol–water partition coefficient (Wildman–Crippen LogP) is 0.444. The van der Waals surface area contributed by atoms with Gasteiger partial charge in [-0.15, -0.1) is 0 Å². The van der Waals surface area contributed by atoms with Crippen molar-refractivity contribution in [2.24, 2.45) is 0 Å². The van der Waals surface area contributed by atoms with Crippen LogP contribution in [0.3, 0.4) is 0 Å². The number of pyridine rings is 1. The molecule has 4 aliphatic rings. The molecule has 0 radical (unpaired) electrons. The van der Waals surface area contributed by atoms with Gasteiger partial charge < -0.3 is 34.6 Å². The number of ether oxygens (including phenoxy) is 3. The molecule has 254 valence electrons. The SMILES string of the molecule is CN1CCOc2ncc(S(=O)(=O)N3CCC4(CC3)CC(NC[C@H](O)COc3cccc(S(=O)(=O)N[C@H]5CCC[C@@H]5O)c3)CO4)cc21. The molecule has 1 aliphatic carbocycles. The van der Waals surface area contributed by atoms with E-state index in [4.69, 9.17) is 14.2 Å². The van der Waals surface area contributed by atoms with Crippen molar-refractivity contribution in [2.75, 3.05) is 57.9 Å². The van der Waals surface area contributed by atoms with Crippen LogP contribution in [0.1, 0.15) is 38.5 Å². The number of aliphatic hydroxyl groups excluding tert-OH is 2. The second kappa shape index (κ2) is 13.5. The predicted molar refractivity (Wildman–Crippen MR) is 168 cm³/mol. The number of nitrogens with zero attached hydrogens (tertiary/aromatic N) is 3. The number of sulfonamides is 2. The lowest BCUT2D eigenvalue weighted by molar-refractivity contribution is -0.0312. The number of piperidine rings is 1. The summed E-state index contributed by atoms with van der Waals surface area (Å²) in [6.07, 6.45) is 3.55. The van der Waals surface area contributed by atoms with E-state index >= 15 is 0 Å². The lowest BCUT2D eigenvalue weighted by Gasteiger charge is -2.38. The van der Waals surface area contributed by atoms with E-state index in [1.165, 1.54) is 22.6 Å². The average Bonchev–Trinajstić information content (AvgIpc) is 3.64. The van der Waals surface area contributed by atoms with Crippen LogP contribution in [-0.4, -0.2) is 119 Å². The summed E-state index contributed by atoms with van der Waals surface area (Å²) in [4.78, 5) is 6.36. The summed E-state index contributed by atoms with van der Waals surface area (Å²) in [6, 6.07) is 7.17. The maximum atomic E-state index is 13.4. The number of hydrogen-bond acceptors (Lipinski definition) is 12. The Morgan fingerprint density at radius 1 is 1.13 bits per heavy atom. The maximum absolute atomic E-state index is 13.4. The molecule has 4 N–H and O–H groups in total. The number of hydrogen-bond donors (Lipinski definition) is 4. The van der Waals surface area contributed by atoms with E-state index in [2.05, 4.69) is 15.0 Å². The average molecular weight is 682 g/mol. The standard InChI is InChI=1S/C30H43N5O9S2/c1-34-12-13-42-29-27(34)15-25(18-32-29)46(40,41)35-10-8-30(9-11-35)16-21(19-44-30)31-17-22(36)20-43-23-4-2-5-24(14-23)45(38,39)33-26-6-3-7-28(26)37/h2,4-5,14-15,18,21-22,26,28,31,33,36-37H,3,6-13,16-17,19-20H2,1H3/t21?,22-,26-,28-/m0/s1. The van der Waals surface area contributed by atoms with Gasteiger partial charge in [0.05, 0.1) is 35.9 Å². The minimum absolute atomic E-state index is 0.0105. The lowest BCUT2D eigenvalue weighted by Crippen LogP contribution is -2.47. The molecule has 3 aliphatic heterocycles. The number of rotatable bonds is 11. The van der Waals surface area contributed by atoms with Crippen LogP contribution in [0.2, 0.25) is 0 Å². The van der Waals surface area contributed by atoms with Crippen molar-refractivity contribution >= 4 is 25.7 Å². The van der Waals surface area contributed by atoms with Crippen LogP contribution in [0.25, 0.3) is 0 Å². The van der Waals surface area contributed by atoms with Crippen LogP contribution < -0.4 is 24.4 Å². The summed E-state index contributed by atoms with van der Waals surface area (Å²) in [5.74, 6) is 0.749. The molecule has 3 fully saturated rings. The van der Waals surface area contributed by atoms with Crippen LogP contribution >= 0.6 is 0 Å². The van der Waals surface area contributed by atoms with Crippen LogP contribution in [0.4, 0.5) is 5.69 Å². The van der Waals surface area contributed by atoms with E-state index in [1.807, 2.05) is 11.9 Å². The van der Waals surface area contributed by atoms with Crippen LogP contribution in [0, 0.1) is 0 Å². The molecular weight excluding hydrogens is 638 g/mol. The van der Waals surface area contributed by atoms with Gasteiger partial charge in [0.2, 0.25) is 25.9 Å². The zero-order valence-electron chi connectivity index (χ0n) is 25.9. The first-order valence-corrected chi connectivity index (χ1v) is 18.7. The molecule has 1 aromatic carbocycles. The topological polar surface area (TPSA) is 180 Å². The molecule has 1 spiro atoms. The quantitative estimate of drug-likeness (QED) is 0.258. The van der Waals surface area contributed by atoms with Gasteiger partial charge in [-0.3, -0.25) is 0 Å². The summed E-state index contributed by atoms with van der Waals surface area (Å²) < 4.78 is 74.0. The van der Waals surface area contributed by atoms with E-state index in [1.54, 1.807) is 18.2 Å². The third-order valence-electron chi connectivity index (χ3n) is 9.35. The second-order valence-electron chi connectivity index (χ2n) is 12.6. The highest BCUT2D eigenvalue weighted by Gasteiger charge is 2.45. The third-order valence-corrected chi connectivity index (χ3v) is 12.7. The fourth-order valence-electron chi connectivity index (χ4n) is 6.59. The normalized spacial score (nSPS) is 25.7. The molecule has 46 heavy (non-hydrogen) atoms. The highest BCUT2D eigenvalue weighted by molar-refractivity contribution is 7.89. The molecule has 2 aromatic rings. The fourth-order valence-corrected chi connectivity index (χ4v) is 9.33. The molecule has 16 heteroatoms. The summed E-state index contributed by atoms with van der Waals surface area (Å²) in [7, 11) is -5.67. The number of likely N-dealkylation sites (N-methyl/N-ethyl adjacent to an activating group) is 1. The number of anilines is 1. The van der Waals surface area contributed by atoms with Gasteiger partial charge in [0.15, 0.2) is 0 Å². The Morgan fingerprint density at radius 2 is 1.93 bits per heavy atom. The van der Waals surface area contributed by atoms with Crippen molar-refractivity contribution in [3.8, 4) is 11.6 Å². The van der Waals surface area contributed by atoms with Gasteiger partial charge in [-0.1, -0.05) is 6.07 Å². The van der Waals surface area contributed by atoms with Gasteiger partial charge in [0.25, 0.3) is 0 Å². The van der Waals surface area contributed by atoms with Gasteiger partial charge in [-0.2, -0.15) is 4.31 Å². The molecule has 1 saturated carbocycles. The van der Waals surface area contributed by atoms with Crippen molar-refractivity contribution in [3.63, 3.8) is 0 Å². The first-order valence-electron chi connectivity index (χ1n) is 15.8. The van der Waals surface area contributed by atoms with E-state index in [-0.39, 0.29) is 29.0 Å². The van der Waals surface area contributed by atoms with Crippen molar-refractivity contribution in [2.45, 2.75) is 78.2 Å². The Labute approximate surface area is 270 Å². The number of fused-ring (bicyclic) bond motifs is 1. The smallest absolute Gasteiger partial charge is 0.244 e. The molecule has 0 bridgehead atoms. The minimum atomic E-state index is -3.83. The molecular formula is C30H43N5O9S2. The lowest BCUT2D eigenvalue weighted by atomic mass is 9.88. The summed E-state index contributed by atoms with van der Waals surface area (Å²) >= 11 is 0. The van der Waals surface area contributed by atoms with Gasteiger partial charge in [0, 0.05) is 44.8 Å². The monoisotopic (exact) mass is 681 g/mol. The summed E-state index contributed by atoms with van der Waals surface area (Å²) in [6.45, 7) is 2.48. The highest BCUT2D eigenvalue weighted by atomic mass is 32.2. The van der Waals surface area contributed by atoms with Crippen molar-refractivity contribution in [1.29, 1.82) is 0 Å². The van der Waals surface area contributed by atoms with Crippen LogP contribution in [0.15, 0.2) is 46.3 Å². The minimum Gasteiger partial charge on any atom is -0.491 e. The highest BCUT2D eigenvalue weighted by Crippen LogP contribution is 2.38. The Kier molecular flexibility index (Phi) is 9.79. The Bertz CT molecular complexity index is 1600. The molecule has 1 unspecified atom stereocenters. The zero-order chi connectivity index (χ0) is 32.5. The number of nitrogens with one attached hydrogen (secondary N) is 2. The Hall–Kier alpha value is -2.57. The molecule has 4 atom stereocenters. The first kappa shape index (κ1) is 33.3.